The average Bonchev–Trinajstić information content (AvgIpc) is 2.48. The maximum Gasteiger partial charge on any atom is 0.335 e. The fraction of sp³-hybridized carbons (Fsp3) is 0.733. The normalized spacial score (nSPS) is 14.8. The van der Waals surface area contributed by atoms with E-state index in [1.165, 1.54) is 20.8 Å². The third kappa shape index (κ3) is 6.58. The number of ether oxygens (including phenoxy) is 1. The van der Waals surface area contributed by atoms with E-state index in [2.05, 4.69) is 10.1 Å². The monoisotopic (exact) mass is 397 g/mol. The summed E-state index contributed by atoms with van der Waals surface area (Å²) in [6.45, 7) is 7.31. The highest BCUT2D eigenvalue weighted by molar-refractivity contribution is 8.14. The molecule has 0 fully saturated rings. The highest BCUT2D eigenvalue weighted by Gasteiger charge is 2.49. The molecule has 0 rings (SSSR count). The number of rotatable bonds is 8. The lowest BCUT2D eigenvalue weighted by molar-refractivity contribution is -0.153. The summed E-state index contributed by atoms with van der Waals surface area (Å²) in [6.07, 6.45) is 0. The van der Waals surface area contributed by atoms with E-state index in [-0.39, 0.29) is 23.4 Å². The number of nitrogens with one attached hydrogen (secondary N) is 1. The lowest BCUT2D eigenvalue weighted by Gasteiger charge is -2.34. The Hall–Kier alpha value is -1.16. The van der Waals surface area contributed by atoms with Gasteiger partial charge in [0.25, 0.3) is 0 Å². The molecule has 0 aromatic carbocycles. The SMILES string of the molecule is COC(=O)[C@](N)(CN)C(=O)C(C)(C)NC(=O)[C@@H](SC(C)=O)C(C)C.Cl. The molecular weight excluding hydrogens is 370 g/mol. The summed E-state index contributed by atoms with van der Waals surface area (Å²) in [7, 11) is 1.09. The summed E-state index contributed by atoms with van der Waals surface area (Å²) >= 11 is 0.882. The van der Waals surface area contributed by atoms with Crippen LogP contribution in [0.1, 0.15) is 34.6 Å². The molecule has 0 saturated carbocycles. The van der Waals surface area contributed by atoms with Crippen molar-refractivity contribution in [1.82, 2.24) is 5.32 Å². The number of Topliss-reactive ketones (excluding diaryl/α,β-unsaturated/α-hetero) is 1. The molecule has 25 heavy (non-hydrogen) atoms. The minimum absolute atomic E-state index is 0. The molecule has 1 amide bonds. The molecule has 2 atom stereocenters. The molecule has 10 heteroatoms. The first-order chi connectivity index (χ1) is 10.8. The lowest BCUT2D eigenvalue weighted by Crippen LogP contribution is -2.69. The first-order valence-corrected chi connectivity index (χ1v) is 8.33. The Morgan fingerprint density at radius 2 is 1.68 bits per heavy atom. The molecule has 146 valence electrons. The van der Waals surface area contributed by atoms with Crippen LogP contribution in [-0.2, 0) is 23.9 Å². The molecule has 0 aliphatic rings. The number of hydrogen-bond acceptors (Lipinski definition) is 8. The van der Waals surface area contributed by atoms with E-state index in [1.807, 2.05) is 0 Å². The zero-order valence-corrected chi connectivity index (χ0v) is 17.0. The Morgan fingerprint density at radius 1 is 1.20 bits per heavy atom. The van der Waals surface area contributed by atoms with Crippen LogP contribution >= 0.6 is 24.2 Å². The Morgan fingerprint density at radius 3 is 2.00 bits per heavy atom. The van der Waals surface area contributed by atoms with E-state index in [0.29, 0.717) is 0 Å². The highest BCUT2D eigenvalue weighted by atomic mass is 35.5. The standard InChI is InChI=1S/C15H27N3O5S.ClH/c1-8(2)10(24-9(3)19)11(20)18-14(4,5)12(21)15(17,7-16)13(22)23-6;/h8,10H,7,16-17H2,1-6H3,(H,18,20);1H/t10-,15-;/m0./s1. The van der Waals surface area contributed by atoms with Crippen LogP contribution in [-0.4, -0.2) is 52.8 Å². The zero-order chi connectivity index (χ0) is 19.3. The fourth-order valence-electron chi connectivity index (χ4n) is 2.12. The number of nitrogens with two attached hydrogens (primary N) is 2. The number of methoxy groups -OCH3 is 1. The molecule has 0 heterocycles. The Balaban J connectivity index is 0. The molecular formula is C15H28ClN3O5S. The van der Waals surface area contributed by atoms with Crippen molar-refractivity contribution in [2.45, 2.75) is 50.9 Å². The quantitative estimate of drug-likeness (QED) is 0.384. The van der Waals surface area contributed by atoms with Crippen LogP contribution < -0.4 is 16.8 Å². The van der Waals surface area contributed by atoms with Gasteiger partial charge in [-0.05, 0) is 19.8 Å². The topological polar surface area (TPSA) is 142 Å². The van der Waals surface area contributed by atoms with Gasteiger partial charge in [0.1, 0.15) is 0 Å². The van der Waals surface area contributed by atoms with Gasteiger partial charge >= 0.3 is 5.97 Å². The highest BCUT2D eigenvalue weighted by Crippen LogP contribution is 2.22. The molecule has 0 bridgehead atoms. The molecule has 0 aromatic rings. The minimum atomic E-state index is -2.06. The van der Waals surface area contributed by atoms with Gasteiger partial charge in [0.2, 0.25) is 5.91 Å². The molecule has 0 unspecified atom stereocenters. The number of carbonyl (C=O) groups excluding carboxylic acids is 4. The van der Waals surface area contributed by atoms with Crippen molar-refractivity contribution in [3.63, 3.8) is 0 Å². The summed E-state index contributed by atoms with van der Waals surface area (Å²) in [5.41, 5.74) is 7.76. The van der Waals surface area contributed by atoms with Crippen molar-refractivity contribution in [2.24, 2.45) is 17.4 Å². The van der Waals surface area contributed by atoms with Crippen LogP contribution in [0.15, 0.2) is 0 Å². The fourth-order valence-corrected chi connectivity index (χ4v) is 2.91. The maximum atomic E-state index is 12.7. The van der Waals surface area contributed by atoms with E-state index in [1.54, 1.807) is 13.8 Å². The van der Waals surface area contributed by atoms with Crippen molar-refractivity contribution in [1.29, 1.82) is 0 Å². The zero-order valence-electron chi connectivity index (χ0n) is 15.4. The van der Waals surface area contributed by atoms with Gasteiger partial charge in [0.05, 0.1) is 17.9 Å². The predicted octanol–water partition coefficient (Wildman–Crippen LogP) is 0.00560. The van der Waals surface area contributed by atoms with Gasteiger partial charge in [0.15, 0.2) is 16.4 Å². The van der Waals surface area contributed by atoms with E-state index in [9.17, 15) is 19.2 Å². The number of carbonyl (C=O) groups is 4. The van der Waals surface area contributed by atoms with Crippen molar-refractivity contribution < 1.29 is 23.9 Å². The van der Waals surface area contributed by atoms with E-state index >= 15 is 0 Å². The molecule has 5 N–H and O–H groups in total. The van der Waals surface area contributed by atoms with Gasteiger partial charge in [-0.1, -0.05) is 25.6 Å². The van der Waals surface area contributed by atoms with Gasteiger partial charge in [-0.3, -0.25) is 14.4 Å². The molecule has 0 saturated heterocycles. The number of esters is 1. The molecule has 0 radical (unpaired) electrons. The Bertz CT molecular complexity index is 527. The van der Waals surface area contributed by atoms with Crippen LogP contribution in [0, 0.1) is 5.92 Å². The number of thioether (sulfide) groups is 1. The minimum Gasteiger partial charge on any atom is -0.467 e. The van der Waals surface area contributed by atoms with E-state index in [0.717, 1.165) is 18.9 Å². The van der Waals surface area contributed by atoms with Gasteiger partial charge in [-0.25, -0.2) is 4.79 Å². The largest absolute Gasteiger partial charge is 0.467 e. The van der Waals surface area contributed by atoms with Crippen molar-refractivity contribution in [2.75, 3.05) is 13.7 Å². The summed E-state index contributed by atoms with van der Waals surface area (Å²) in [5, 5.41) is 1.68. The van der Waals surface area contributed by atoms with Crippen LogP contribution in [0.25, 0.3) is 0 Å². The van der Waals surface area contributed by atoms with E-state index in [4.69, 9.17) is 11.5 Å². The van der Waals surface area contributed by atoms with Crippen LogP contribution in [0.5, 0.6) is 0 Å². The van der Waals surface area contributed by atoms with Gasteiger partial charge in [0, 0.05) is 13.5 Å². The smallest absolute Gasteiger partial charge is 0.335 e. The first kappa shape index (κ1) is 26.1. The lowest BCUT2D eigenvalue weighted by atomic mass is 9.83. The van der Waals surface area contributed by atoms with Gasteiger partial charge in [-0.15, -0.1) is 12.4 Å². The Labute approximate surface area is 158 Å². The third-order valence-corrected chi connectivity index (χ3v) is 4.78. The maximum absolute atomic E-state index is 12.7. The molecule has 8 nitrogen and oxygen atoms in total. The summed E-state index contributed by atoms with van der Waals surface area (Å²) < 4.78 is 4.54. The van der Waals surface area contributed by atoms with E-state index < -0.39 is 40.5 Å². The molecule has 0 aliphatic carbocycles. The number of ketones is 1. The van der Waals surface area contributed by atoms with Crippen molar-refractivity contribution in [3.05, 3.63) is 0 Å². The van der Waals surface area contributed by atoms with Crippen LogP contribution in [0.3, 0.4) is 0 Å². The van der Waals surface area contributed by atoms with Crippen LogP contribution in [0.4, 0.5) is 0 Å². The van der Waals surface area contributed by atoms with Gasteiger partial charge in [-0.2, -0.15) is 0 Å². The summed E-state index contributed by atoms with van der Waals surface area (Å²) in [6, 6.07) is 0. The molecule has 0 aliphatic heterocycles. The predicted molar refractivity (Wildman–Crippen MR) is 99.4 cm³/mol. The van der Waals surface area contributed by atoms with Gasteiger partial charge < -0.3 is 21.5 Å². The Kier molecular flexibility index (Phi) is 10.5. The second kappa shape index (κ2) is 10.1. The number of halogens is 1. The van der Waals surface area contributed by atoms with Crippen LogP contribution in [0.2, 0.25) is 0 Å². The second-order valence-corrected chi connectivity index (χ2v) is 7.70. The molecule has 0 spiro atoms. The van der Waals surface area contributed by atoms with Crippen molar-refractivity contribution >= 4 is 46.9 Å². The summed E-state index contributed by atoms with van der Waals surface area (Å²) in [5.74, 6) is -2.38. The number of amides is 1. The molecule has 0 aromatic heterocycles. The van der Waals surface area contributed by atoms with Crippen molar-refractivity contribution in [3.8, 4) is 0 Å². The third-order valence-electron chi connectivity index (χ3n) is 3.44. The first-order valence-electron chi connectivity index (χ1n) is 7.45. The summed E-state index contributed by atoms with van der Waals surface area (Å²) in [4.78, 5) is 48.3. The average molecular weight is 398 g/mol. The second-order valence-electron chi connectivity index (χ2n) is 6.38. The number of hydrogen-bond donors (Lipinski definition) is 3.